The summed E-state index contributed by atoms with van der Waals surface area (Å²) in [6.07, 6.45) is 0.0609. The van der Waals surface area contributed by atoms with Crippen LogP contribution in [-0.4, -0.2) is 17.8 Å². The van der Waals surface area contributed by atoms with Crippen LogP contribution in [-0.2, 0) is 6.42 Å². The first-order valence-electron chi connectivity index (χ1n) is 6.39. The molecule has 1 aliphatic rings. The summed E-state index contributed by atoms with van der Waals surface area (Å²) in [4.78, 5) is 0. The molecule has 0 saturated carbocycles. The average Bonchev–Trinajstić information content (AvgIpc) is 2.85. The standard InChI is InChI=1S/C16H15ClO2/c17-14-7-3-1-5-11(14)9-15(18)13-10-19-16-8-4-2-6-12(13)16/h1-8,13,15,18H,9-10H2. The lowest BCUT2D eigenvalue weighted by Gasteiger charge is -2.17. The Bertz CT molecular complexity index is 582. The zero-order valence-corrected chi connectivity index (χ0v) is 11.2. The number of benzene rings is 2. The monoisotopic (exact) mass is 274 g/mol. The van der Waals surface area contributed by atoms with Gasteiger partial charge in [-0.3, -0.25) is 0 Å². The van der Waals surface area contributed by atoms with Crippen LogP contribution in [0.5, 0.6) is 5.75 Å². The van der Waals surface area contributed by atoms with Crippen molar-refractivity contribution in [3.8, 4) is 5.75 Å². The Kier molecular flexibility index (Phi) is 3.45. The summed E-state index contributed by atoms with van der Waals surface area (Å²) in [7, 11) is 0. The number of aliphatic hydroxyl groups excluding tert-OH is 1. The predicted molar refractivity (Wildman–Crippen MR) is 75.8 cm³/mol. The van der Waals surface area contributed by atoms with Crippen molar-refractivity contribution in [1.29, 1.82) is 0 Å². The quantitative estimate of drug-likeness (QED) is 0.929. The molecule has 1 heterocycles. The number of hydrogen-bond acceptors (Lipinski definition) is 2. The summed E-state index contributed by atoms with van der Waals surface area (Å²) in [6, 6.07) is 15.5. The summed E-state index contributed by atoms with van der Waals surface area (Å²) in [5, 5.41) is 11.1. The van der Waals surface area contributed by atoms with Gasteiger partial charge in [-0.2, -0.15) is 0 Å². The molecule has 3 rings (SSSR count). The minimum atomic E-state index is -0.483. The van der Waals surface area contributed by atoms with Gasteiger partial charge in [-0.15, -0.1) is 0 Å². The van der Waals surface area contributed by atoms with Gasteiger partial charge in [0.25, 0.3) is 0 Å². The first kappa shape index (κ1) is 12.5. The van der Waals surface area contributed by atoms with Gasteiger partial charge < -0.3 is 9.84 Å². The SMILES string of the molecule is OC(Cc1ccccc1Cl)C1COc2ccccc21. The third-order valence-electron chi connectivity index (χ3n) is 3.59. The summed E-state index contributed by atoms with van der Waals surface area (Å²) < 4.78 is 5.61. The Morgan fingerprint density at radius 3 is 2.74 bits per heavy atom. The largest absolute Gasteiger partial charge is 0.493 e. The number of aliphatic hydroxyl groups is 1. The van der Waals surface area contributed by atoms with Crippen molar-refractivity contribution < 1.29 is 9.84 Å². The lowest BCUT2D eigenvalue weighted by molar-refractivity contribution is 0.129. The second kappa shape index (κ2) is 5.24. The van der Waals surface area contributed by atoms with Gasteiger partial charge in [0.2, 0.25) is 0 Å². The third-order valence-corrected chi connectivity index (χ3v) is 3.96. The molecule has 0 fully saturated rings. The lowest BCUT2D eigenvalue weighted by Crippen LogP contribution is -2.22. The minimum absolute atomic E-state index is 0.0208. The van der Waals surface area contributed by atoms with Gasteiger partial charge in [-0.25, -0.2) is 0 Å². The summed E-state index contributed by atoms with van der Waals surface area (Å²) in [5.74, 6) is 0.901. The van der Waals surface area contributed by atoms with E-state index in [4.69, 9.17) is 16.3 Å². The second-order valence-corrected chi connectivity index (χ2v) is 5.23. The molecule has 0 bridgehead atoms. The van der Waals surface area contributed by atoms with E-state index in [1.54, 1.807) is 0 Å². The van der Waals surface area contributed by atoms with Gasteiger partial charge in [-0.05, 0) is 17.7 Å². The van der Waals surface area contributed by atoms with Crippen molar-refractivity contribution in [3.05, 3.63) is 64.7 Å². The molecule has 2 unspecified atom stereocenters. The smallest absolute Gasteiger partial charge is 0.123 e. The summed E-state index contributed by atoms with van der Waals surface area (Å²) in [5.41, 5.74) is 2.06. The average molecular weight is 275 g/mol. The molecule has 19 heavy (non-hydrogen) atoms. The van der Waals surface area contributed by atoms with E-state index in [9.17, 15) is 5.11 Å². The molecule has 1 N–H and O–H groups in total. The maximum absolute atomic E-state index is 10.4. The number of rotatable bonds is 3. The lowest BCUT2D eigenvalue weighted by atomic mass is 9.91. The maximum atomic E-state index is 10.4. The molecule has 2 nitrogen and oxygen atoms in total. The van der Waals surface area contributed by atoms with Crippen LogP contribution in [0.15, 0.2) is 48.5 Å². The Labute approximate surface area is 117 Å². The number of hydrogen-bond donors (Lipinski definition) is 1. The Hall–Kier alpha value is -1.51. The van der Waals surface area contributed by atoms with E-state index in [1.165, 1.54) is 0 Å². The van der Waals surface area contributed by atoms with Crippen LogP contribution in [0.2, 0.25) is 5.02 Å². The molecular weight excluding hydrogens is 260 g/mol. The second-order valence-electron chi connectivity index (χ2n) is 4.82. The van der Waals surface area contributed by atoms with Gasteiger partial charge in [0, 0.05) is 22.9 Å². The molecule has 98 valence electrons. The van der Waals surface area contributed by atoms with Gasteiger partial charge in [0.1, 0.15) is 5.75 Å². The topological polar surface area (TPSA) is 29.5 Å². The van der Waals surface area contributed by atoms with Crippen LogP contribution in [0.25, 0.3) is 0 Å². The molecule has 0 aliphatic carbocycles. The predicted octanol–water partition coefficient (Wildman–Crippen LogP) is 3.42. The highest BCUT2D eigenvalue weighted by Gasteiger charge is 2.30. The van der Waals surface area contributed by atoms with Crippen molar-refractivity contribution in [2.24, 2.45) is 0 Å². The minimum Gasteiger partial charge on any atom is -0.493 e. The normalized spacial score (nSPS) is 18.7. The van der Waals surface area contributed by atoms with Crippen LogP contribution in [0.1, 0.15) is 17.0 Å². The zero-order valence-electron chi connectivity index (χ0n) is 10.4. The molecule has 2 aromatic carbocycles. The van der Waals surface area contributed by atoms with E-state index in [0.29, 0.717) is 18.1 Å². The molecule has 0 saturated heterocycles. The number of ether oxygens (including phenoxy) is 1. The number of para-hydroxylation sites is 1. The van der Waals surface area contributed by atoms with E-state index in [2.05, 4.69) is 0 Å². The van der Waals surface area contributed by atoms with E-state index in [-0.39, 0.29) is 5.92 Å². The number of halogens is 1. The molecule has 0 aromatic heterocycles. The molecule has 2 atom stereocenters. The van der Waals surface area contributed by atoms with E-state index in [0.717, 1.165) is 16.9 Å². The fraction of sp³-hybridized carbons (Fsp3) is 0.250. The van der Waals surface area contributed by atoms with Crippen LogP contribution >= 0.6 is 11.6 Å². The van der Waals surface area contributed by atoms with E-state index in [1.807, 2.05) is 48.5 Å². The van der Waals surface area contributed by atoms with Crippen LogP contribution < -0.4 is 4.74 Å². The fourth-order valence-electron chi connectivity index (χ4n) is 2.54. The van der Waals surface area contributed by atoms with Crippen molar-refractivity contribution in [3.63, 3.8) is 0 Å². The fourth-order valence-corrected chi connectivity index (χ4v) is 2.75. The van der Waals surface area contributed by atoms with Gasteiger partial charge in [-0.1, -0.05) is 48.0 Å². The molecule has 2 aromatic rings. The first-order valence-corrected chi connectivity index (χ1v) is 6.76. The summed E-state index contributed by atoms with van der Waals surface area (Å²) >= 11 is 6.13. The van der Waals surface area contributed by atoms with Crippen LogP contribution in [0, 0.1) is 0 Å². The summed E-state index contributed by atoms with van der Waals surface area (Å²) in [6.45, 7) is 0.533. The van der Waals surface area contributed by atoms with Crippen molar-refractivity contribution in [1.82, 2.24) is 0 Å². The van der Waals surface area contributed by atoms with Crippen molar-refractivity contribution in [2.45, 2.75) is 18.4 Å². The molecule has 0 amide bonds. The highest BCUT2D eigenvalue weighted by molar-refractivity contribution is 6.31. The Morgan fingerprint density at radius 1 is 1.16 bits per heavy atom. The Morgan fingerprint density at radius 2 is 1.89 bits per heavy atom. The molecule has 0 radical (unpaired) electrons. The van der Waals surface area contributed by atoms with Crippen molar-refractivity contribution >= 4 is 11.6 Å². The highest BCUT2D eigenvalue weighted by atomic mass is 35.5. The van der Waals surface area contributed by atoms with Crippen LogP contribution in [0.3, 0.4) is 0 Å². The van der Waals surface area contributed by atoms with Crippen LogP contribution in [0.4, 0.5) is 0 Å². The van der Waals surface area contributed by atoms with Gasteiger partial charge >= 0.3 is 0 Å². The van der Waals surface area contributed by atoms with E-state index >= 15 is 0 Å². The third kappa shape index (κ3) is 2.46. The van der Waals surface area contributed by atoms with Gasteiger partial charge in [0.15, 0.2) is 0 Å². The molecule has 3 heteroatoms. The molecular formula is C16H15ClO2. The molecule has 1 aliphatic heterocycles. The molecule has 0 spiro atoms. The highest BCUT2D eigenvalue weighted by Crippen LogP contribution is 2.36. The van der Waals surface area contributed by atoms with E-state index < -0.39 is 6.10 Å². The maximum Gasteiger partial charge on any atom is 0.123 e. The Balaban J connectivity index is 1.79. The van der Waals surface area contributed by atoms with Gasteiger partial charge in [0.05, 0.1) is 12.7 Å². The number of fused-ring (bicyclic) bond motifs is 1. The first-order chi connectivity index (χ1) is 9.25. The van der Waals surface area contributed by atoms with Crippen molar-refractivity contribution in [2.75, 3.05) is 6.61 Å². The zero-order chi connectivity index (χ0) is 13.2.